The molecule has 0 aromatic carbocycles. The van der Waals surface area contributed by atoms with Gasteiger partial charge in [0.15, 0.2) is 0 Å². The first kappa shape index (κ1) is 11.2. The van der Waals surface area contributed by atoms with Gasteiger partial charge in [-0.1, -0.05) is 26.7 Å². The molecule has 86 valence electrons. The Hall–Kier alpha value is -0.330. The Kier molecular flexibility index (Phi) is 3.48. The minimum absolute atomic E-state index is 0.409. The molecule has 0 aromatic rings. The van der Waals surface area contributed by atoms with Gasteiger partial charge in [0.05, 0.1) is 0 Å². The van der Waals surface area contributed by atoms with Crippen molar-refractivity contribution in [1.29, 1.82) is 0 Å². The summed E-state index contributed by atoms with van der Waals surface area (Å²) in [7, 11) is 0. The Balaban J connectivity index is 1.93. The number of hydrogen-bond acceptors (Lipinski definition) is 1. The molecule has 2 unspecified atom stereocenters. The average molecular weight is 208 g/mol. The molecule has 0 heterocycles. The molecule has 2 rings (SSSR count). The van der Waals surface area contributed by atoms with E-state index in [1.54, 1.807) is 0 Å². The van der Waals surface area contributed by atoms with Crippen LogP contribution < -0.4 is 0 Å². The van der Waals surface area contributed by atoms with Crippen LogP contribution >= 0.6 is 0 Å². The van der Waals surface area contributed by atoms with E-state index in [4.69, 9.17) is 0 Å². The monoisotopic (exact) mass is 208 g/mol. The minimum Gasteiger partial charge on any atom is -0.299 e. The molecule has 1 nitrogen and oxygen atoms in total. The molecule has 0 N–H and O–H groups in total. The second-order valence-corrected chi connectivity index (χ2v) is 6.00. The molecular formula is C14H24O. The van der Waals surface area contributed by atoms with Gasteiger partial charge in [0.2, 0.25) is 0 Å². The third kappa shape index (κ3) is 2.62. The van der Waals surface area contributed by atoms with Crippen LogP contribution in [0.15, 0.2) is 0 Å². The van der Waals surface area contributed by atoms with Gasteiger partial charge < -0.3 is 0 Å². The van der Waals surface area contributed by atoms with Crippen molar-refractivity contribution in [3.63, 3.8) is 0 Å². The molecule has 0 radical (unpaired) electrons. The molecule has 2 fully saturated rings. The van der Waals surface area contributed by atoms with Crippen molar-refractivity contribution in [3.8, 4) is 0 Å². The van der Waals surface area contributed by atoms with Gasteiger partial charge in [-0.2, -0.15) is 0 Å². The zero-order chi connectivity index (χ0) is 10.8. The molecular weight excluding hydrogens is 184 g/mol. The van der Waals surface area contributed by atoms with E-state index in [1.165, 1.54) is 44.9 Å². The van der Waals surface area contributed by atoms with E-state index in [9.17, 15) is 4.79 Å². The first-order valence-electron chi connectivity index (χ1n) is 6.70. The molecule has 0 spiro atoms. The van der Waals surface area contributed by atoms with Crippen molar-refractivity contribution in [1.82, 2.24) is 0 Å². The topological polar surface area (TPSA) is 17.1 Å². The predicted octanol–water partition coefficient (Wildman–Crippen LogP) is 3.82. The quantitative estimate of drug-likeness (QED) is 0.674. The van der Waals surface area contributed by atoms with Crippen LogP contribution in [-0.4, -0.2) is 5.78 Å². The van der Waals surface area contributed by atoms with Crippen LogP contribution in [0.4, 0.5) is 0 Å². The van der Waals surface area contributed by atoms with Gasteiger partial charge in [-0.05, 0) is 43.9 Å². The molecule has 2 saturated carbocycles. The molecule has 2 atom stereocenters. The lowest BCUT2D eigenvalue weighted by molar-refractivity contribution is -0.128. The molecule has 0 bridgehead atoms. The van der Waals surface area contributed by atoms with Crippen LogP contribution in [0.1, 0.15) is 58.8 Å². The van der Waals surface area contributed by atoms with Crippen molar-refractivity contribution in [3.05, 3.63) is 0 Å². The lowest BCUT2D eigenvalue weighted by Gasteiger charge is -2.31. The van der Waals surface area contributed by atoms with Crippen molar-refractivity contribution in [2.75, 3.05) is 0 Å². The van der Waals surface area contributed by atoms with Crippen molar-refractivity contribution >= 4 is 5.78 Å². The highest BCUT2D eigenvalue weighted by molar-refractivity contribution is 5.83. The van der Waals surface area contributed by atoms with Gasteiger partial charge in [-0.15, -0.1) is 0 Å². The number of carbonyl (C=O) groups excluding carboxylic acids is 1. The number of rotatable bonds is 2. The van der Waals surface area contributed by atoms with Crippen molar-refractivity contribution in [2.45, 2.75) is 58.8 Å². The van der Waals surface area contributed by atoms with Gasteiger partial charge in [0.25, 0.3) is 0 Å². The molecule has 15 heavy (non-hydrogen) atoms. The maximum absolute atomic E-state index is 12.3. The standard InChI is InChI=1S/C14H24O/c1-10-7-11(2)9-13(8-10)14(15)12-5-3-4-6-12/h10-13H,3-9H2,1-2H3. The van der Waals surface area contributed by atoms with E-state index in [1.807, 2.05) is 0 Å². The van der Waals surface area contributed by atoms with Gasteiger partial charge in [-0.3, -0.25) is 4.79 Å². The summed E-state index contributed by atoms with van der Waals surface area (Å²) in [6, 6.07) is 0. The second-order valence-electron chi connectivity index (χ2n) is 6.00. The summed E-state index contributed by atoms with van der Waals surface area (Å²) in [6.07, 6.45) is 8.59. The van der Waals surface area contributed by atoms with Crippen LogP contribution in [0.3, 0.4) is 0 Å². The molecule has 0 amide bonds. The summed E-state index contributed by atoms with van der Waals surface area (Å²) >= 11 is 0. The smallest absolute Gasteiger partial charge is 0.139 e. The van der Waals surface area contributed by atoms with Gasteiger partial charge in [0, 0.05) is 11.8 Å². The predicted molar refractivity (Wildman–Crippen MR) is 62.6 cm³/mol. The first-order valence-corrected chi connectivity index (χ1v) is 6.70. The van der Waals surface area contributed by atoms with Gasteiger partial charge >= 0.3 is 0 Å². The van der Waals surface area contributed by atoms with E-state index >= 15 is 0 Å². The largest absolute Gasteiger partial charge is 0.299 e. The lowest BCUT2D eigenvalue weighted by atomic mass is 9.73. The van der Waals surface area contributed by atoms with Crippen molar-refractivity contribution < 1.29 is 4.79 Å². The summed E-state index contributed by atoms with van der Waals surface area (Å²) < 4.78 is 0. The Labute approximate surface area is 93.6 Å². The highest BCUT2D eigenvalue weighted by Crippen LogP contribution is 2.37. The van der Waals surface area contributed by atoms with E-state index in [0.29, 0.717) is 17.6 Å². The van der Waals surface area contributed by atoms with Crippen molar-refractivity contribution in [2.24, 2.45) is 23.7 Å². The number of ketones is 1. The fraction of sp³-hybridized carbons (Fsp3) is 0.929. The third-order valence-corrected chi connectivity index (χ3v) is 4.34. The molecule has 0 aromatic heterocycles. The van der Waals surface area contributed by atoms with Crippen LogP contribution in [0.5, 0.6) is 0 Å². The van der Waals surface area contributed by atoms with Crippen LogP contribution in [0.25, 0.3) is 0 Å². The van der Waals surface area contributed by atoms with E-state index in [2.05, 4.69) is 13.8 Å². The fourth-order valence-corrected chi connectivity index (χ4v) is 3.72. The Morgan fingerprint density at radius 2 is 1.40 bits per heavy atom. The average Bonchev–Trinajstić information content (AvgIpc) is 2.67. The zero-order valence-corrected chi connectivity index (χ0v) is 10.2. The van der Waals surface area contributed by atoms with E-state index in [0.717, 1.165) is 11.8 Å². The number of Topliss-reactive ketones (excluding diaryl/α,β-unsaturated/α-hetero) is 1. The SMILES string of the molecule is CC1CC(C)CC(C(=O)C2CCCC2)C1. The lowest BCUT2D eigenvalue weighted by Crippen LogP contribution is -2.29. The van der Waals surface area contributed by atoms with Crippen LogP contribution in [0.2, 0.25) is 0 Å². The van der Waals surface area contributed by atoms with Crippen LogP contribution in [0, 0.1) is 23.7 Å². The minimum atomic E-state index is 0.409. The second kappa shape index (κ2) is 4.67. The molecule has 0 saturated heterocycles. The highest BCUT2D eigenvalue weighted by atomic mass is 16.1. The molecule has 0 aliphatic heterocycles. The fourth-order valence-electron chi connectivity index (χ4n) is 3.72. The van der Waals surface area contributed by atoms with E-state index < -0.39 is 0 Å². The van der Waals surface area contributed by atoms with Crippen LogP contribution in [-0.2, 0) is 4.79 Å². The maximum atomic E-state index is 12.3. The summed E-state index contributed by atoms with van der Waals surface area (Å²) in [5.74, 6) is 3.00. The Morgan fingerprint density at radius 1 is 0.867 bits per heavy atom. The highest BCUT2D eigenvalue weighted by Gasteiger charge is 2.33. The van der Waals surface area contributed by atoms with E-state index in [-0.39, 0.29) is 0 Å². The van der Waals surface area contributed by atoms with Gasteiger partial charge in [0.1, 0.15) is 5.78 Å². The number of hydrogen-bond donors (Lipinski definition) is 0. The Bertz CT molecular complexity index is 217. The summed E-state index contributed by atoms with van der Waals surface area (Å²) in [5.41, 5.74) is 0. The zero-order valence-electron chi connectivity index (χ0n) is 10.2. The third-order valence-electron chi connectivity index (χ3n) is 4.34. The maximum Gasteiger partial charge on any atom is 0.139 e. The first-order chi connectivity index (χ1) is 7.16. The Morgan fingerprint density at radius 3 is 1.93 bits per heavy atom. The summed E-state index contributed by atoms with van der Waals surface area (Å²) in [5, 5.41) is 0. The molecule has 2 aliphatic rings. The molecule has 2 aliphatic carbocycles. The summed E-state index contributed by atoms with van der Waals surface area (Å²) in [4.78, 5) is 12.3. The number of carbonyl (C=O) groups is 1. The molecule has 1 heteroatoms. The normalized spacial score (nSPS) is 38.1. The van der Waals surface area contributed by atoms with Gasteiger partial charge in [-0.25, -0.2) is 0 Å². The summed E-state index contributed by atoms with van der Waals surface area (Å²) in [6.45, 7) is 4.62.